The van der Waals surface area contributed by atoms with Gasteiger partial charge >= 0.3 is 0 Å². The Morgan fingerprint density at radius 2 is 1.35 bits per heavy atom. The van der Waals surface area contributed by atoms with Crippen LogP contribution in [-0.2, 0) is 0 Å². The summed E-state index contributed by atoms with van der Waals surface area (Å²) in [7, 11) is 0. The molecule has 3 aromatic heterocycles. The summed E-state index contributed by atoms with van der Waals surface area (Å²) in [5, 5.41) is 6.52. The number of unbranched alkanes of at least 4 members (excludes halogenated alkanes) is 3. The van der Waals surface area contributed by atoms with Gasteiger partial charge in [0.25, 0.3) is 0 Å². The van der Waals surface area contributed by atoms with Crippen molar-refractivity contribution in [1.29, 1.82) is 0 Å². The highest BCUT2D eigenvalue weighted by Gasteiger charge is 2.31. The first-order chi connectivity index (χ1) is 11.4. The van der Waals surface area contributed by atoms with Crippen LogP contribution >= 0.6 is 34.0 Å². The van der Waals surface area contributed by atoms with E-state index in [1.54, 1.807) is 0 Å². The Balaban J connectivity index is 2.08. The van der Waals surface area contributed by atoms with Crippen LogP contribution in [0.5, 0.6) is 0 Å². The predicted molar refractivity (Wildman–Crippen MR) is 110 cm³/mol. The third-order valence-corrected chi connectivity index (χ3v) is 7.30. The van der Waals surface area contributed by atoms with E-state index in [4.69, 9.17) is 0 Å². The van der Waals surface area contributed by atoms with Gasteiger partial charge in [0.05, 0.1) is 0 Å². The second kappa shape index (κ2) is 8.01. The summed E-state index contributed by atoms with van der Waals surface area (Å²) in [5.41, 5.74) is 0. The van der Waals surface area contributed by atoms with Gasteiger partial charge in [-0.15, -0.1) is 20.2 Å². The van der Waals surface area contributed by atoms with Crippen molar-refractivity contribution in [3.05, 3.63) is 52.5 Å². The Kier molecular flexibility index (Phi) is 5.77. The first-order valence-corrected chi connectivity index (χ1v) is 10.8. The van der Waals surface area contributed by atoms with Crippen LogP contribution in [-0.4, -0.2) is 6.15 Å². The molecule has 0 aromatic carbocycles. The van der Waals surface area contributed by atoms with Crippen LogP contribution in [0.3, 0.4) is 0 Å². The van der Waals surface area contributed by atoms with Crippen LogP contribution in [0.2, 0.25) is 0 Å². The SMILES string of the molecule is CCCCCC#C[B-](c1cccs1)(c1cccs1)c1cccs1. The van der Waals surface area contributed by atoms with Crippen molar-refractivity contribution >= 4 is 54.5 Å². The first kappa shape index (κ1) is 16.6. The van der Waals surface area contributed by atoms with Crippen LogP contribution in [0.4, 0.5) is 0 Å². The van der Waals surface area contributed by atoms with Crippen LogP contribution in [0, 0.1) is 11.7 Å². The largest absolute Gasteiger partial charge is 0.295 e. The molecule has 0 radical (unpaired) electrons. The third-order valence-electron chi connectivity index (χ3n) is 4.13. The third kappa shape index (κ3) is 3.48. The van der Waals surface area contributed by atoms with Crippen LogP contribution in [0.25, 0.3) is 0 Å². The Bertz CT molecular complexity index is 659. The molecule has 0 aliphatic heterocycles. The molecule has 0 atom stereocenters. The van der Waals surface area contributed by atoms with Gasteiger partial charge in [-0.3, -0.25) is 5.82 Å². The molecule has 0 fully saturated rings. The van der Waals surface area contributed by atoms with Gasteiger partial charge < -0.3 is 0 Å². The molecule has 0 saturated heterocycles. The average molecular weight is 355 g/mol. The van der Waals surface area contributed by atoms with E-state index in [1.807, 2.05) is 34.0 Å². The minimum absolute atomic E-state index is 0.999. The Hall–Kier alpha value is -1.28. The lowest BCUT2D eigenvalue weighted by atomic mass is 9.23. The minimum Gasteiger partial charge on any atom is -0.295 e. The summed E-state index contributed by atoms with van der Waals surface area (Å²) in [6, 6.07) is 13.2. The van der Waals surface area contributed by atoms with Crippen molar-refractivity contribution in [1.82, 2.24) is 0 Å². The summed E-state index contributed by atoms with van der Waals surface area (Å²) < 4.78 is 4.16. The van der Waals surface area contributed by atoms with Gasteiger partial charge in [-0.1, -0.05) is 56.2 Å². The van der Waals surface area contributed by atoms with Gasteiger partial charge in [-0.05, 0) is 22.6 Å². The Morgan fingerprint density at radius 1 is 0.826 bits per heavy atom. The van der Waals surface area contributed by atoms with E-state index in [2.05, 4.69) is 71.2 Å². The van der Waals surface area contributed by atoms with Crippen molar-refractivity contribution in [2.75, 3.05) is 0 Å². The second-order valence-electron chi connectivity index (χ2n) is 5.69. The fourth-order valence-electron chi connectivity index (χ4n) is 2.94. The molecule has 0 nitrogen and oxygen atoms in total. The lowest BCUT2D eigenvalue weighted by Crippen LogP contribution is -2.63. The summed E-state index contributed by atoms with van der Waals surface area (Å²) in [6.07, 6.45) is 3.60. The fourth-order valence-corrected chi connectivity index (χ4v) is 6.12. The zero-order chi connectivity index (χ0) is 16.0. The van der Waals surface area contributed by atoms with Crippen molar-refractivity contribution in [2.45, 2.75) is 32.6 Å². The molecule has 0 N–H and O–H groups in total. The van der Waals surface area contributed by atoms with E-state index in [9.17, 15) is 0 Å². The maximum Gasteiger partial charge on any atom is 0.179 e. The van der Waals surface area contributed by atoms with E-state index in [0.29, 0.717) is 0 Å². The van der Waals surface area contributed by atoms with E-state index in [1.165, 1.54) is 33.6 Å². The lowest BCUT2D eigenvalue weighted by molar-refractivity contribution is 0.737. The van der Waals surface area contributed by atoms with Gasteiger partial charge in [0.1, 0.15) is 0 Å². The molecule has 0 aliphatic rings. The fraction of sp³-hybridized carbons (Fsp3) is 0.263. The molecule has 3 rings (SSSR count). The predicted octanol–water partition coefficient (Wildman–Crippen LogP) is 4.46. The van der Waals surface area contributed by atoms with Crippen molar-refractivity contribution in [3.63, 3.8) is 0 Å². The molecule has 118 valence electrons. The molecular weight excluding hydrogens is 335 g/mol. The highest BCUT2D eigenvalue weighted by Crippen LogP contribution is 2.15. The van der Waals surface area contributed by atoms with E-state index < -0.39 is 6.15 Å². The monoisotopic (exact) mass is 355 g/mol. The summed E-state index contributed by atoms with van der Waals surface area (Å²) in [4.78, 5) is 0. The molecule has 4 heteroatoms. The van der Waals surface area contributed by atoms with E-state index in [-0.39, 0.29) is 0 Å². The molecular formula is C19H20BS3-. The molecule has 0 amide bonds. The molecule has 0 spiro atoms. The van der Waals surface area contributed by atoms with Gasteiger partial charge in [0.2, 0.25) is 0 Å². The van der Waals surface area contributed by atoms with Gasteiger partial charge in [0, 0.05) is 6.42 Å². The van der Waals surface area contributed by atoms with Crippen molar-refractivity contribution < 1.29 is 0 Å². The zero-order valence-electron chi connectivity index (χ0n) is 13.3. The Morgan fingerprint density at radius 3 is 1.74 bits per heavy atom. The standard InChI is InChI=1S/C19H20BS3/c1-2-3-4-5-6-13-20(17-10-7-14-21-17,18-11-8-15-22-18)19-12-9-16-23-19/h7-12,14-16H,2-5H2,1H3/q-1. The van der Waals surface area contributed by atoms with Gasteiger partial charge in [0.15, 0.2) is 6.15 Å². The summed E-state index contributed by atoms with van der Waals surface area (Å²) in [6.45, 7) is 2.24. The topological polar surface area (TPSA) is 0 Å². The normalized spacial score (nSPS) is 11.2. The molecule has 0 aliphatic carbocycles. The minimum atomic E-state index is -1.12. The lowest BCUT2D eigenvalue weighted by Gasteiger charge is -2.33. The quantitative estimate of drug-likeness (QED) is 0.348. The molecule has 23 heavy (non-hydrogen) atoms. The molecule has 0 bridgehead atoms. The second-order valence-corrected chi connectivity index (χ2v) is 8.63. The van der Waals surface area contributed by atoms with E-state index >= 15 is 0 Å². The number of hydrogen-bond acceptors (Lipinski definition) is 3. The van der Waals surface area contributed by atoms with Crippen LogP contribution in [0.15, 0.2) is 52.5 Å². The maximum absolute atomic E-state index is 3.74. The summed E-state index contributed by atoms with van der Waals surface area (Å²) in [5.74, 6) is 7.27. The maximum atomic E-state index is 3.74. The summed E-state index contributed by atoms with van der Waals surface area (Å²) >= 11 is 5.50. The van der Waals surface area contributed by atoms with Crippen molar-refractivity contribution in [3.8, 4) is 11.7 Å². The van der Waals surface area contributed by atoms with E-state index in [0.717, 1.165) is 6.42 Å². The van der Waals surface area contributed by atoms with Gasteiger partial charge in [-0.25, -0.2) is 0 Å². The highest BCUT2D eigenvalue weighted by molar-refractivity contribution is 7.47. The zero-order valence-corrected chi connectivity index (χ0v) is 15.8. The Labute approximate surface area is 151 Å². The molecule has 0 saturated carbocycles. The van der Waals surface area contributed by atoms with Crippen LogP contribution < -0.4 is 14.3 Å². The van der Waals surface area contributed by atoms with Gasteiger partial charge in [-0.2, -0.15) is 34.0 Å². The highest BCUT2D eigenvalue weighted by atomic mass is 32.1. The number of hydrogen-bond donors (Lipinski definition) is 0. The average Bonchev–Trinajstić information content (AvgIpc) is 3.35. The first-order valence-electron chi connectivity index (χ1n) is 8.15. The molecule has 0 unspecified atom stereocenters. The smallest absolute Gasteiger partial charge is 0.179 e. The van der Waals surface area contributed by atoms with Crippen molar-refractivity contribution in [2.24, 2.45) is 0 Å². The molecule has 3 heterocycles. The number of thiophene rings is 3. The molecule has 3 aromatic rings. The van der Waals surface area contributed by atoms with Crippen LogP contribution in [0.1, 0.15) is 32.6 Å². The number of rotatable bonds is 6.